The molecule has 0 spiro atoms. The molecule has 1 aromatic heterocycles. The predicted octanol–water partition coefficient (Wildman–Crippen LogP) is 9.71. The molecule has 2 aliphatic rings. The van der Waals surface area contributed by atoms with Crippen LogP contribution in [0.3, 0.4) is 0 Å². The zero-order valence-electron chi connectivity index (χ0n) is 30.7. The number of hydrogen-bond donors (Lipinski definition) is 2. The topological polar surface area (TPSA) is 98.6 Å². The number of aromatic nitrogens is 2. The van der Waals surface area contributed by atoms with Crippen molar-refractivity contribution in [3.05, 3.63) is 50.6 Å². The number of nitrogens with one attached hydrogen (secondary N) is 1. The zero-order valence-corrected chi connectivity index (χ0v) is 30.7. The highest BCUT2D eigenvalue weighted by Gasteiger charge is 2.52. The van der Waals surface area contributed by atoms with E-state index < -0.39 is 40.7 Å². The summed E-state index contributed by atoms with van der Waals surface area (Å²) in [5.74, 6) is -0.510. The number of Topliss-reactive ketones (excluding diaryl/α,β-unsaturated/α-hetero) is 1. The second-order valence-corrected chi connectivity index (χ2v) is 12.4. The molecule has 1 fully saturated rings. The fraction of sp³-hybridized carbons (Fsp3) is 0.722. The Bertz CT molecular complexity index is 1270. The summed E-state index contributed by atoms with van der Waals surface area (Å²) >= 11 is 0. The molecule has 1 aromatic rings. The highest BCUT2D eigenvalue weighted by atomic mass is 19.4. The van der Waals surface area contributed by atoms with E-state index in [-0.39, 0.29) is 42.5 Å². The van der Waals surface area contributed by atoms with Crippen LogP contribution in [-0.2, 0) is 17.4 Å². The zero-order chi connectivity index (χ0) is 38.0. The SMILES string of the molecule is CCC(C)C(=O)C1(O)CN(C2CCc3c2n[nH]c(=O)c3C(F)(F)F)C1.CCCC.CCCCCC.C\C=C(/C=N/C(C)=C/CC)C(F)(F)F. The Labute approximate surface area is 288 Å². The maximum atomic E-state index is 13.1. The molecule has 2 N–H and O–H groups in total. The van der Waals surface area contributed by atoms with Gasteiger partial charge in [-0.15, -0.1) is 0 Å². The third-order valence-corrected chi connectivity index (χ3v) is 8.27. The van der Waals surface area contributed by atoms with E-state index in [9.17, 15) is 41.0 Å². The lowest BCUT2D eigenvalue weighted by Crippen LogP contribution is -2.67. The Morgan fingerprint density at radius 2 is 1.59 bits per heavy atom. The number of hydrogen-bond acceptors (Lipinski definition) is 6. The molecule has 0 saturated carbocycles. The van der Waals surface area contributed by atoms with E-state index in [1.807, 2.05) is 18.9 Å². The number of halogens is 6. The summed E-state index contributed by atoms with van der Waals surface area (Å²) in [5, 5.41) is 16.2. The van der Waals surface area contributed by atoms with Crippen molar-refractivity contribution in [1.29, 1.82) is 0 Å². The maximum absolute atomic E-state index is 13.1. The van der Waals surface area contributed by atoms with Crippen LogP contribution in [0.1, 0.15) is 143 Å². The van der Waals surface area contributed by atoms with Crippen LogP contribution in [0.5, 0.6) is 0 Å². The Balaban J connectivity index is 0.000000806. The fourth-order valence-corrected chi connectivity index (χ4v) is 5.08. The molecule has 49 heavy (non-hydrogen) atoms. The average molecular weight is 709 g/mol. The van der Waals surface area contributed by atoms with Crippen LogP contribution >= 0.6 is 0 Å². The molecule has 0 amide bonds. The Hall–Kier alpha value is -2.80. The van der Waals surface area contributed by atoms with Crippen molar-refractivity contribution in [2.24, 2.45) is 10.9 Å². The molecular weight excluding hydrogens is 650 g/mol. The van der Waals surface area contributed by atoms with Crippen molar-refractivity contribution in [2.45, 2.75) is 151 Å². The molecule has 1 aliphatic heterocycles. The van der Waals surface area contributed by atoms with Crippen LogP contribution in [0.25, 0.3) is 0 Å². The molecule has 1 saturated heterocycles. The quantitative estimate of drug-likeness (QED) is 0.136. The molecule has 0 bridgehead atoms. The molecule has 2 atom stereocenters. The number of allylic oxidation sites excluding steroid dienone is 4. The Morgan fingerprint density at radius 3 is 2.00 bits per heavy atom. The minimum atomic E-state index is -4.74. The highest BCUT2D eigenvalue weighted by molar-refractivity contribution is 5.90. The van der Waals surface area contributed by atoms with Crippen molar-refractivity contribution < 1.29 is 36.2 Å². The average Bonchev–Trinajstić information content (AvgIpc) is 3.44. The molecule has 13 heteroatoms. The van der Waals surface area contributed by atoms with Crippen LogP contribution < -0.4 is 5.56 Å². The van der Waals surface area contributed by atoms with Gasteiger partial charge >= 0.3 is 12.4 Å². The van der Waals surface area contributed by atoms with Crippen LogP contribution in [0.4, 0.5) is 26.3 Å². The number of carbonyl (C=O) groups excluding carboxylic acids is 1. The minimum absolute atomic E-state index is 0.0719. The van der Waals surface area contributed by atoms with E-state index in [0.29, 0.717) is 18.5 Å². The summed E-state index contributed by atoms with van der Waals surface area (Å²) in [6.07, 6.45) is 4.59. The highest BCUT2D eigenvalue weighted by Crippen LogP contribution is 2.43. The number of carbonyl (C=O) groups is 1. The largest absolute Gasteiger partial charge is 0.422 e. The number of ketones is 1. The molecule has 2 unspecified atom stereocenters. The molecule has 1 aliphatic carbocycles. The number of aliphatic hydroxyl groups is 1. The first kappa shape index (κ1) is 46.2. The third kappa shape index (κ3) is 14.9. The molecule has 7 nitrogen and oxygen atoms in total. The second-order valence-electron chi connectivity index (χ2n) is 12.4. The summed E-state index contributed by atoms with van der Waals surface area (Å²) in [5.41, 5.74) is -3.90. The maximum Gasteiger partial charge on any atom is 0.422 e. The van der Waals surface area contributed by atoms with Gasteiger partial charge in [-0.25, -0.2) is 5.10 Å². The van der Waals surface area contributed by atoms with Crippen LogP contribution in [0.2, 0.25) is 0 Å². The summed E-state index contributed by atoms with van der Waals surface area (Å²) in [4.78, 5) is 29.2. The van der Waals surface area contributed by atoms with Crippen molar-refractivity contribution in [1.82, 2.24) is 15.1 Å². The van der Waals surface area contributed by atoms with Gasteiger partial charge in [0.05, 0.1) is 17.3 Å². The van der Waals surface area contributed by atoms with Crippen molar-refractivity contribution in [3.8, 4) is 0 Å². The number of unbranched alkanes of at least 4 members (excludes halogenated alkanes) is 4. The van der Waals surface area contributed by atoms with Gasteiger partial charge in [0.15, 0.2) is 5.78 Å². The van der Waals surface area contributed by atoms with Crippen LogP contribution in [0.15, 0.2) is 33.2 Å². The van der Waals surface area contributed by atoms with E-state index in [1.165, 1.54) is 45.4 Å². The lowest BCUT2D eigenvalue weighted by atomic mass is 9.81. The van der Waals surface area contributed by atoms with Gasteiger partial charge in [-0.3, -0.25) is 19.5 Å². The summed E-state index contributed by atoms with van der Waals surface area (Å²) in [6, 6.07) is -0.432. The molecule has 0 aromatic carbocycles. The number of rotatable bonds is 11. The van der Waals surface area contributed by atoms with Gasteiger partial charge in [-0.05, 0) is 45.1 Å². The van der Waals surface area contributed by atoms with Crippen molar-refractivity contribution in [2.75, 3.05) is 13.1 Å². The Kier molecular flexibility index (Phi) is 20.8. The summed E-state index contributed by atoms with van der Waals surface area (Å²) in [7, 11) is 0. The number of aromatic amines is 1. The van der Waals surface area contributed by atoms with Gasteiger partial charge in [-0.1, -0.05) is 99.1 Å². The van der Waals surface area contributed by atoms with Crippen molar-refractivity contribution in [3.63, 3.8) is 0 Å². The van der Waals surface area contributed by atoms with E-state index in [2.05, 4.69) is 37.8 Å². The number of H-pyrrole nitrogens is 1. The van der Waals surface area contributed by atoms with E-state index >= 15 is 0 Å². The van der Waals surface area contributed by atoms with Gasteiger partial charge in [0.2, 0.25) is 0 Å². The number of fused-ring (bicyclic) bond motifs is 1. The standard InChI is InChI=1S/C16H20F3N3O3.C10H14F3N.C6H14.C4H10/c1-3-8(2)13(23)15(25)6-22(7-15)10-5-4-9-11(16(17,18)19)14(24)21-20-12(9)10;1-4-6-8(3)14-7-9(5-2)10(11,12)13;1-3-5-6-4-2;1-3-4-2/h8,10,25H,3-7H2,1-2H3,(H,21,24);5-7H,4H2,1-3H3;3-6H2,1-2H3;3-4H2,1-2H3/b;8-6+,9-5+,14-7+;;. The van der Waals surface area contributed by atoms with E-state index in [4.69, 9.17) is 0 Å². The molecule has 0 radical (unpaired) electrons. The summed E-state index contributed by atoms with van der Waals surface area (Å²) in [6.45, 7) is 17.5. The first-order valence-corrected chi connectivity index (χ1v) is 17.5. The predicted molar refractivity (Wildman–Crippen MR) is 185 cm³/mol. The lowest BCUT2D eigenvalue weighted by Gasteiger charge is -2.49. The van der Waals surface area contributed by atoms with Gasteiger partial charge in [-0.2, -0.15) is 31.4 Å². The second kappa shape index (κ2) is 22.1. The Morgan fingerprint density at radius 1 is 1.04 bits per heavy atom. The van der Waals surface area contributed by atoms with Gasteiger partial charge in [0.25, 0.3) is 5.56 Å². The van der Waals surface area contributed by atoms with E-state index in [1.54, 1.807) is 24.8 Å². The molecule has 3 rings (SSSR count). The number of β-amino-alcohol motifs (C(OH)–C–C–N with tert-alkyl or cyclic N) is 1. The third-order valence-electron chi connectivity index (χ3n) is 8.27. The number of alkyl halides is 6. The summed E-state index contributed by atoms with van der Waals surface area (Å²) < 4.78 is 75.9. The number of nitrogens with zero attached hydrogens (tertiary/aromatic N) is 3. The number of likely N-dealkylation sites (tertiary alicyclic amines) is 1. The van der Waals surface area contributed by atoms with Crippen LogP contribution in [0, 0.1) is 5.92 Å². The monoisotopic (exact) mass is 708 g/mol. The first-order valence-electron chi connectivity index (χ1n) is 17.5. The van der Waals surface area contributed by atoms with Crippen LogP contribution in [-0.4, -0.2) is 57.1 Å². The van der Waals surface area contributed by atoms with Crippen molar-refractivity contribution >= 4 is 12.0 Å². The fourth-order valence-electron chi connectivity index (χ4n) is 5.08. The lowest BCUT2D eigenvalue weighted by molar-refractivity contribution is -0.165. The molecule has 282 valence electrons. The molecule has 2 heterocycles. The first-order chi connectivity index (χ1) is 22.8. The van der Waals surface area contributed by atoms with Gasteiger partial charge in [0, 0.05) is 30.9 Å². The smallest absolute Gasteiger partial charge is 0.379 e. The van der Waals surface area contributed by atoms with Gasteiger partial charge in [0.1, 0.15) is 11.2 Å². The molecular formula is C36H58F6N4O3. The minimum Gasteiger partial charge on any atom is -0.379 e. The van der Waals surface area contributed by atoms with Gasteiger partial charge < -0.3 is 5.11 Å². The van der Waals surface area contributed by atoms with E-state index in [0.717, 1.165) is 18.7 Å². The normalized spacial score (nSPS) is 18.2. The number of aliphatic imine (C=N–C) groups is 1.